The first-order chi connectivity index (χ1) is 7.84. The highest BCUT2D eigenvalue weighted by Crippen LogP contribution is 2.10. The van der Waals surface area contributed by atoms with E-state index in [0.717, 1.165) is 30.3 Å². The molecule has 0 saturated heterocycles. The van der Waals surface area contributed by atoms with Crippen molar-refractivity contribution in [2.45, 2.75) is 13.0 Å². The number of hydrogen-bond donors (Lipinski definition) is 1. The van der Waals surface area contributed by atoms with Gasteiger partial charge in [-0.3, -0.25) is 0 Å². The van der Waals surface area contributed by atoms with Crippen LogP contribution in [0.25, 0.3) is 0 Å². The second-order valence-corrected chi connectivity index (χ2v) is 4.07. The molecule has 1 aromatic heterocycles. The van der Waals surface area contributed by atoms with Crippen LogP contribution in [-0.2, 0) is 13.0 Å². The summed E-state index contributed by atoms with van der Waals surface area (Å²) in [5, 5.41) is 4.13. The Kier molecular flexibility index (Phi) is 4.03. The van der Waals surface area contributed by atoms with Crippen molar-refractivity contribution in [2.75, 3.05) is 6.54 Å². The van der Waals surface area contributed by atoms with E-state index in [0.29, 0.717) is 0 Å². The molecule has 1 aromatic carbocycles. The zero-order valence-electron chi connectivity index (χ0n) is 8.95. The molecule has 0 bridgehead atoms. The zero-order chi connectivity index (χ0) is 11.2. The number of rotatable bonds is 5. The molecule has 2 rings (SSSR count). The van der Waals surface area contributed by atoms with Gasteiger partial charge in [0.05, 0.1) is 6.26 Å². The summed E-state index contributed by atoms with van der Waals surface area (Å²) in [4.78, 5) is 0. The van der Waals surface area contributed by atoms with Crippen LogP contribution in [0.3, 0.4) is 0 Å². The van der Waals surface area contributed by atoms with Gasteiger partial charge < -0.3 is 9.73 Å². The van der Waals surface area contributed by atoms with E-state index in [-0.39, 0.29) is 0 Å². The van der Waals surface area contributed by atoms with Crippen LogP contribution < -0.4 is 5.32 Å². The van der Waals surface area contributed by atoms with Crippen molar-refractivity contribution in [3.63, 3.8) is 0 Å². The summed E-state index contributed by atoms with van der Waals surface area (Å²) in [6.07, 6.45) is 2.61. The molecule has 16 heavy (non-hydrogen) atoms. The van der Waals surface area contributed by atoms with Gasteiger partial charge in [0, 0.05) is 24.5 Å². The van der Waals surface area contributed by atoms with E-state index in [2.05, 4.69) is 11.4 Å². The second kappa shape index (κ2) is 5.73. The molecule has 0 aliphatic heterocycles. The maximum Gasteiger partial charge on any atom is 0.105 e. The Morgan fingerprint density at radius 2 is 2.12 bits per heavy atom. The average Bonchev–Trinajstić information content (AvgIpc) is 2.77. The average molecular weight is 236 g/mol. The fraction of sp³-hybridized carbons (Fsp3) is 0.231. The molecular formula is C13H14ClNO. The SMILES string of the molecule is Clc1cccc(CNCCc2ccco2)c1. The molecule has 0 fully saturated rings. The van der Waals surface area contributed by atoms with Crippen molar-refractivity contribution in [1.29, 1.82) is 0 Å². The van der Waals surface area contributed by atoms with Crippen LogP contribution in [0.15, 0.2) is 47.1 Å². The third-order valence-electron chi connectivity index (χ3n) is 2.35. The lowest BCUT2D eigenvalue weighted by atomic mass is 10.2. The molecule has 0 aliphatic rings. The second-order valence-electron chi connectivity index (χ2n) is 3.64. The molecule has 0 amide bonds. The minimum absolute atomic E-state index is 0.783. The third-order valence-corrected chi connectivity index (χ3v) is 2.58. The first kappa shape index (κ1) is 11.2. The van der Waals surface area contributed by atoms with Gasteiger partial charge >= 0.3 is 0 Å². The monoisotopic (exact) mass is 235 g/mol. The Morgan fingerprint density at radius 3 is 2.88 bits per heavy atom. The van der Waals surface area contributed by atoms with E-state index < -0.39 is 0 Å². The van der Waals surface area contributed by atoms with Crippen LogP contribution >= 0.6 is 11.6 Å². The lowest BCUT2D eigenvalue weighted by molar-refractivity contribution is 0.499. The van der Waals surface area contributed by atoms with Crippen molar-refractivity contribution >= 4 is 11.6 Å². The van der Waals surface area contributed by atoms with Gasteiger partial charge in [0.1, 0.15) is 5.76 Å². The highest BCUT2D eigenvalue weighted by molar-refractivity contribution is 6.30. The topological polar surface area (TPSA) is 25.2 Å². The Hall–Kier alpha value is -1.25. The van der Waals surface area contributed by atoms with Crippen LogP contribution in [0.4, 0.5) is 0 Å². The molecule has 0 unspecified atom stereocenters. The van der Waals surface area contributed by atoms with Crippen LogP contribution in [0.1, 0.15) is 11.3 Å². The fourth-order valence-electron chi connectivity index (χ4n) is 1.55. The summed E-state index contributed by atoms with van der Waals surface area (Å²) in [7, 11) is 0. The van der Waals surface area contributed by atoms with Crippen molar-refractivity contribution in [1.82, 2.24) is 5.32 Å². The summed E-state index contributed by atoms with van der Waals surface area (Å²) >= 11 is 5.90. The van der Waals surface area contributed by atoms with Crippen LogP contribution in [0.5, 0.6) is 0 Å². The molecule has 3 heteroatoms. The molecular weight excluding hydrogens is 222 g/mol. The maximum absolute atomic E-state index is 5.90. The van der Waals surface area contributed by atoms with E-state index in [1.807, 2.05) is 30.3 Å². The predicted octanol–water partition coefficient (Wildman–Crippen LogP) is 3.27. The lowest BCUT2D eigenvalue weighted by Crippen LogP contribution is -2.16. The Balaban J connectivity index is 1.72. The summed E-state index contributed by atoms with van der Waals surface area (Å²) in [6.45, 7) is 1.74. The molecule has 0 aliphatic carbocycles. The number of hydrogen-bond acceptors (Lipinski definition) is 2. The van der Waals surface area contributed by atoms with E-state index >= 15 is 0 Å². The summed E-state index contributed by atoms with van der Waals surface area (Å²) in [5.74, 6) is 1.01. The largest absolute Gasteiger partial charge is 0.469 e. The van der Waals surface area contributed by atoms with E-state index in [1.54, 1.807) is 6.26 Å². The van der Waals surface area contributed by atoms with Gasteiger partial charge in [0.25, 0.3) is 0 Å². The normalized spacial score (nSPS) is 10.6. The standard InChI is InChI=1S/C13H14ClNO/c14-12-4-1-3-11(9-12)10-15-7-6-13-5-2-8-16-13/h1-5,8-9,15H,6-7,10H2. The molecule has 1 heterocycles. The number of nitrogens with one attached hydrogen (secondary N) is 1. The Labute approximate surface area is 100 Å². The smallest absolute Gasteiger partial charge is 0.105 e. The molecule has 0 spiro atoms. The zero-order valence-corrected chi connectivity index (χ0v) is 9.70. The van der Waals surface area contributed by atoms with Gasteiger partial charge in [-0.1, -0.05) is 23.7 Å². The molecule has 84 valence electrons. The highest BCUT2D eigenvalue weighted by Gasteiger charge is 1.96. The van der Waals surface area contributed by atoms with E-state index in [9.17, 15) is 0 Å². The summed E-state index contributed by atoms with van der Waals surface area (Å²) in [5.41, 5.74) is 1.20. The Morgan fingerprint density at radius 1 is 1.19 bits per heavy atom. The molecule has 0 atom stereocenters. The third kappa shape index (κ3) is 3.40. The van der Waals surface area contributed by atoms with Crippen molar-refractivity contribution in [3.05, 3.63) is 59.0 Å². The van der Waals surface area contributed by atoms with Crippen LogP contribution in [0.2, 0.25) is 5.02 Å². The fourth-order valence-corrected chi connectivity index (χ4v) is 1.76. The van der Waals surface area contributed by atoms with Crippen LogP contribution in [0, 0.1) is 0 Å². The quantitative estimate of drug-likeness (QED) is 0.805. The molecule has 2 aromatic rings. The Bertz CT molecular complexity index is 425. The van der Waals surface area contributed by atoms with Gasteiger partial charge in [0.15, 0.2) is 0 Å². The van der Waals surface area contributed by atoms with Gasteiger partial charge in [-0.2, -0.15) is 0 Å². The van der Waals surface area contributed by atoms with Gasteiger partial charge in [0.2, 0.25) is 0 Å². The number of furan rings is 1. The minimum atomic E-state index is 0.783. The number of benzene rings is 1. The van der Waals surface area contributed by atoms with Gasteiger partial charge in [-0.15, -0.1) is 0 Å². The van der Waals surface area contributed by atoms with Gasteiger partial charge in [-0.25, -0.2) is 0 Å². The van der Waals surface area contributed by atoms with E-state index in [1.165, 1.54) is 5.56 Å². The summed E-state index contributed by atoms with van der Waals surface area (Å²) in [6, 6.07) is 11.8. The van der Waals surface area contributed by atoms with Crippen molar-refractivity contribution < 1.29 is 4.42 Å². The minimum Gasteiger partial charge on any atom is -0.469 e. The first-order valence-electron chi connectivity index (χ1n) is 5.32. The highest BCUT2D eigenvalue weighted by atomic mass is 35.5. The summed E-state index contributed by atoms with van der Waals surface area (Å²) < 4.78 is 5.24. The maximum atomic E-state index is 5.90. The predicted molar refractivity (Wildman–Crippen MR) is 65.6 cm³/mol. The molecule has 0 saturated carbocycles. The molecule has 0 radical (unpaired) electrons. The van der Waals surface area contributed by atoms with Crippen molar-refractivity contribution in [3.8, 4) is 0 Å². The van der Waals surface area contributed by atoms with Gasteiger partial charge in [-0.05, 0) is 29.8 Å². The first-order valence-corrected chi connectivity index (χ1v) is 5.70. The van der Waals surface area contributed by atoms with Crippen LogP contribution in [-0.4, -0.2) is 6.54 Å². The number of halogens is 1. The van der Waals surface area contributed by atoms with E-state index in [4.69, 9.17) is 16.0 Å². The van der Waals surface area contributed by atoms with Crippen molar-refractivity contribution in [2.24, 2.45) is 0 Å². The molecule has 2 nitrogen and oxygen atoms in total. The molecule has 1 N–H and O–H groups in total. The lowest BCUT2D eigenvalue weighted by Gasteiger charge is -2.04.